The zero-order chi connectivity index (χ0) is 5.11. The van der Waals surface area contributed by atoms with Crippen LogP contribution >= 0.6 is 0 Å². The van der Waals surface area contributed by atoms with Gasteiger partial charge in [0.25, 0.3) is 0 Å². The Bertz CT molecular complexity index is 79.0. The van der Waals surface area contributed by atoms with Gasteiger partial charge in [-0.05, 0) is 0 Å². The molecule has 0 saturated carbocycles. The van der Waals surface area contributed by atoms with Crippen LogP contribution in [-0.2, 0) is 0 Å². The van der Waals surface area contributed by atoms with Crippen molar-refractivity contribution in [3.05, 3.63) is 12.3 Å². The average molecular weight is 100 g/mol. The average Bonchev–Trinajstić information content (AvgIpc) is 1.69. The van der Waals surface area contributed by atoms with E-state index in [1.807, 2.05) is 6.08 Å². The first-order chi connectivity index (χ1) is 3.39. The first-order valence-corrected chi connectivity index (χ1v) is 2.09. The summed E-state index contributed by atoms with van der Waals surface area (Å²) in [5.74, 6) is 5.19. The second-order valence-corrected chi connectivity index (χ2v) is 1.26. The summed E-state index contributed by atoms with van der Waals surface area (Å²) in [4.78, 5) is 0. The molecule has 0 radical (unpaired) electrons. The van der Waals surface area contributed by atoms with Crippen molar-refractivity contribution >= 4 is 0 Å². The van der Waals surface area contributed by atoms with E-state index >= 15 is 0 Å². The molecule has 1 rings (SSSR count). The molecule has 0 saturated heterocycles. The predicted molar refractivity (Wildman–Crippen MR) is 26.3 cm³/mol. The number of nitrogens with zero attached hydrogens (tertiary/aromatic N) is 1. The van der Waals surface area contributed by atoms with Crippen LogP contribution in [0.1, 0.15) is 0 Å². The van der Waals surface area contributed by atoms with Gasteiger partial charge in [-0.25, -0.2) is 11.3 Å². The van der Waals surface area contributed by atoms with E-state index in [1.54, 1.807) is 6.20 Å². The van der Waals surface area contributed by atoms with Crippen LogP contribution in [0.2, 0.25) is 0 Å². The number of nitrogens with one attached hydrogen (secondary N) is 2. The fourth-order valence-corrected chi connectivity index (χ4v) is 0.389. The second-order valence-electron chi connectivity index (χ2n) is 1.26. The smallest absolute Gasteiger partial charge is 0.0332 e. The van der Waals surface area contributed by atoms with Gasteiger partial charge in [-0.2, -0.15) is 0 Å². The summed E-state index contributed by atoms with van der Waals surface area (Å²) >= 11 is 0. The van der Waals surface area contributed by atoms with E-state index in [-0.39, 0.29) is 0 Å². The SMILES string of the molecule is NN1NC=CCN1. The molecule has 4 N–H and O–H groups in total. The second kappa shape index (κ2) is 1.92. The standard InChI is InChI=1S/C3H8N4/c4-7-5-2-1-3-6-7/h1-2,5-6H,3-4H2. The number of hydrogen-bond acceptors (Lipinski definition) is 4. The van der Waals surface area contributed by atoms with E-state index in [4.69, 9.17) is 5.84 Å². The van der Waals surface area contributed by atoms with Crippen LogP contribution in [0.15, 0.2) is 12.3 Å². The Hall–Kier alpha value is -0.580. The van der Waals surface area contributed by atoms with Gasteiger partial charge >= 0.3 is 0 Å². The van der Waals surface area contributed by atoms with Crippen LogP contribution in [-0.4, -0.2) is 11.8 Å². The molecule has 1 heterocycles. The minimum atomic E-state index is 0.795. The van der Waals surface area contributed by atoms with E-state index in [0.717, 1.165) is 6.54 Å². The lowest BCUT2D eigenvalue weighted by Crippen LogP contribution is -2.52. The van der Waals surface area contributed by atoms with E-state index < -0.39 is 0 Å². The number of hydrogen-bond donors (Lipinski definition) is 3. The molecule has 40 valence electrons. The quantitative estimate of drug-likeness (QED) is 0.331. The molecule has 0 bridgehead atoms. The number of hydrazine groups is 3. The highest BCUT2D eigenvalue weighted by Gasteiger charge is 1.92. The van der Waals surface area contributed by atoms with Crippen LogP contribution in [0.25, 0.3) is 0 Å². The van der Waals surface area contributed by atoms with Crippen molar-refractivity contribution in [1.29, 1.82) is 0 Å². The summed E-state index contributed by atoms with van der Waals surface area (Å²) in [6.45, 7) is 0.795. The third kappa shape index (κ3) is 1.15. The molecule has 0 atom stereocenters. The number of rotatable bonds is 0. The van der Waals surface area contributed by atoms with Gasteiger partial charge in [0.05, 0.1) is 0 Å². The maximum absolute atomic E-state index is 5.19. The van der Waals surface area contributed by atoms with Crippen LogP contribution in [0.4, 0.5) is 0 Å². The highest BCUT2D eigenvalue weighted by molar-refractivity contribution is 4.82. The Morgan fingerprint density at radius 1 is 1.71 bits per heavy atom. The van der Waals surface area contributed by atoms with Gasteiger partial charge in [-0.15, -0.1) is 0 Å². The fourth-order valence-electron chi connectivity index (χ4n) is 0.389. The lowest BCUT2D eigenvalue weighted by Gasteiger charge is -2.18. The number of nitrogens with two attached hydrogens (primary N) is 1. The van der Waals surface area contributed by atoms with Gasteiger partial charge in [-0.1, -0.05) is 11.3 Å². The summed E-state index contributed by atoms with van der Waals surface area (Å²) in [6, 6.07) is 0. The molecule has 7 heavy (non-hydrogen) atoms. The Morgan fingerprint density at radius 2 is 2.57 bits per heavy atom. The zero-order valence-electron chi connectivity index (χ0n) is 3.89. The molecule has 4 nitrogen and oxygen atoms in total. The maximum atomic E-state index is 5.19. The van der Waals surface area contributed by atoms with Crippen LogP contribution < -0.4 is 16.7 Å². The van der Waals surface area contributed by atoms with Gasteiger partial charge in [0, 0.05) is 12.7 Å². The molecule has 0 spiro atoms. The highest BCUT2D eigenvalue weighted by Crippen LogP contribution is 1.72. The molecule has 0 aromatic carbocycles. The molecule has 0 unspecified atom stereocenters. The molecule has 0 amide bonds. The van der Waals surface area contributed by atoms with Crippen molar-refractivity contribution in [1.82, 2.24) is 16.1 Å². The minimum absolute atomic E-state index is 0.795. The van der Waals surface area contributed by atoms with Crippen molar-refractivity contribution in [2.75, 3.05) is 6.54 Å². The van der Waals surface area contributed by atoms with Crippen molar-refractivity contribution in [2.24, 2.45) is 5.84 Å². The lowest BCUT2D eigenvalue weighted by molar-refractivity contribution is 0.141. The summed E-state index contributed by atoms with van der Waals surface area (Å²) < 4.78 is 0. The van der Waals surface area contributed by atoms with Gasteiger partial charge in [0.2, 0.25) is 0 Å². The molecule has 1 aliphatic heterocycles. The molecule has 1 aliphatic rings. The molecule has 0 fully saturated rings. The van der Waals surface area contributed by atoms with Crippen LogP contribution in [0.5, 0.6) is 0 Å². The van der Waals surface area contributed by atoms with Gasteiger partial charge in [0.15, 0.2) is 0 Å². The van der Waals surface area contributed by atoms with Crippen LogP contribution in [0, 0.1) is 0 Å². The molecular weight excluding hydrogens is 92.1 g/mol. The Balaban J connectivity index is 2.32. The monoisotopic (exact) mass is 100 g/mol. The van der Waals surface area contributed by atoms with Crippen molar-refractivity contribution < 1.29 is 0 Å². The summed E-state index contributed by atoms with van der Waals surface area (Å²) in [7, 11) is 0. The third-order valence-corrected chi connectivity index (χ3v) is 0.711. The molecule has 0 aromatic rings. The van der Waals surface area contributed by atoms with Gasteiger partial charge < -0.3 is 0 Å². The first kappa shape index (κ1) is 4.58. The minimum Gasteiger partial charge on any atom is -0.300 e. The normalized spacial score (nSPS) is 21.9. The van der Waals surface area contributed by atoms with Gasteiger partial charge in [-0.3, -0.25) is 5.43 Å². The fraction of sp³-hybridized carbons (Fsp3) is 0.333. The summed E-state index contributed by atoms with van der Waals surface area (Å²) in [5, 5.41) is 1.31. The molecule has 0 aromatic heterocycles. The van der Waals surface area contributed by atoms with Crippen molar-refractivity contribution in [3.63, 3.8) is 0 Å². The zero-order valence-corrected chi connectivity index (χ0v) is 3.89. The molecule has 0 aliphatic carbocycles. The summed E-state index contributed by atoms with van der Waals surface area (Å²) in [6.07, 6.45) is 3.71. The highest BCUT2D eigenvalue weighted by atomic mass is 15.8. The lowest BCUT2D eigenvalue weighted by atomic mass is 10.6. The van der Waals surface area contributed by atoms with Gasteiger partial charge in [0.1, 0.15) is 0 Å². The first-order valence-electron chi connectivity index (χ1n) is 2.09. The maximum Gasteiger partial charge on any atom is 0.0332 e. The van der Waals surface area contributed by atoms with Crippen molar-refractivity contribution in [3.8, 4) is 0 Å². The largest absolute Gasteiger partial charge is 0.300 e. The Morgan fingerprint density at radius 3 is 2.86 bits per heavy atom. The Labute approximate surface area is 41.9 Å². The van der Waals surface area contributed by atoms with E-state index in [9.17, 15) is 0 Å². The molecule has 4 heteroatoms. The third-order valence-electron chi connectivity index (χ3n) is 0.711. The summed E-state index contributed by atoms with van der Waals surface area (Å²) in [5.41, 5.74) is 5.50. The van der Waals surface area contributed by atoms with Crippen LogP contribution in [0.3, 0.4) is 0 Å². The van der Waals surface area contributed by atoms with E-state index in [0.29, 0.717) is 0 Å². The predicted octanol–water partition coefficient (Wildman–Crippen LogP) is -1.30. The topological polar surface area (TPSA) is 53.3 Å². The van der Waals surface area contributed by atoms with E-state index in [1.165, 1.54) is 5.23 Å². The molecular formula is C3H8N4. The Kier molecular flexibility index (Phi) is 1.26. The van der Waals surface area contributed by atoms with Crippen molar-refractivity contribution in [2.45, 2.75) is 0 Å². The van der Waals surface area contributed by atoms with E-state index in [2.05, 4.69) is 10.9 Å².